The highest BCUT2D eigenvalue weighted by Gasteiger charge is 2.04. The van der Waals surface area contributed by atoms with Crippen molar-refractivity contribution in [3.8, 4) is 0 Å². The minimum Gasteiger partial charge on any atom is -0.323 e. The zero-order chi connectivity index (χ0) is 16.3. The molecular weight excluding hydrogens is 282 g/mol. The molecule has 6 heteroatoms. The van der Waals surface area contributed by atoms with Gasteiger partial charge in [-0.1, -0.05) is 17.7 Å². The predicted octanol–water partition coefficient (Wildman–Crippen LogP) is 1.04. The van der Waals surface area contributed by atoms with E-state index in [9.17, 15) is 14.4 Å². The Morgan fingerprint density at radius 1 is 1.14 bits per heavy atom. The minimum atomic E-state index is -0.442. The molecule has 1 aromatic carbocycles. The molecule has 22 heavy (non-hydrogen) atoms. The van der Waals surface area contributed by atoms with E-state index in [1.165, 1.54) is 30.0 Å². The molecule has 0 saturated heterocycles. The average Bonchev–Trinajstić information content (AvgIpc) is 2.50. The molecule has 0 unspecified atom stereocenters. The zero-order valence-electron chi connectivity index (χ0n) is 12.7. The number of rotatable bonds is 3. The van der Waals surface area contributed by atoms with Crippen LogP contribution in [-0.4, -0.2) is 15.0 Å². The Hall–Kier alpha value is -2.89. The molecule has 0 spiro atoms. The van der Waals surface area contributed by atoms with Gasteiger partial charge in [-0.15, -0.1) is 0 Å². The van der Waals surface area contributed by atoms with Crippen molar-refractivity contribution >= 4 is 17.7 Å². The van der Waals surface area contributed by atoms with Gasteiger partial charge in [-0.25, -0.2) is 4.79 Å². The van der Waals surface area contributed by atoms with Gasteiger partial charge in [0, 0.05) is 32.1 Å². The molecular formula is C16H17N3O3. The second-order valence-corrected chi connectivity index (χ2v) is 5.03. The Labute approximate surface area is 127 Å². The average molecular weight is 299 g/mol. The summed E-state index contributed by atoms with van der Waals surface area (Å²) in [4.78, 5) is 35.3. The van der Waals surface area contributed by atoms with Gasteiger partial charge in [0.05, 0.1) is 5.56 Å². The zero-order valence-corrected chi connectivity index (χ0v) is 12.7. The molecule has 0 bridgehead atoms. The summed E-state index contributed by atoms with van der Waals surface area (Å²) in [5.74, 6) is -0.347. The van der Waals surface area contributed by atoms with Crippen LogP contribution in [0.25, 0.3) is 6.08 Å². The van der Waals surface area contributed by atoms with E-state index in [1.54, 1.807) is 19.2 Å². The first-order valence-corrected chi connectivity index (χ1v) is 6.71. The summed E-state index contributed by atoms with van der Waals surface area (Å²) in [6.45, 7) is 1.96. The number of nitrogens with zero attached hydrogens (tertiary/aromatic N) is 2. The number of benzene rings is 1. The Morgan fingerprint density at radius 3 is 2.41 bits per heavy atom. The Kier molecular flexibility index (Phi) is 4.41. The second-order valence-electron chi connectivity index (χ2n) is 5.03. The topological polar surface area (TPSA) is 73.1 Å². The van der Waals surface area contributed by atoms with Crippen LogP contribution < -0.4 is 16.6 Å². The summed E-state index contributed by atoms with van der Waals surface area (Å²) in [6, 6.07) is 7.38. The number of carbonyl (C=O) groups excluding carboxylic acids is 1. The lowest BCUT2D eigenvalue weighted by Crippen LogP contribution is -2.37. The fourth-order valence-electron chi connectivity index (χ4n) is 1.94. The third-order valence-corrected chi connectivity index (χ3v) is 3.21. The van der Waals surface area contributed by atoms with E-state index in [0.717, 1.165) is 10.1 Å². The number of aromatic nitrogens is 2. The van der Waals surface area contributed by atoms with Crippen LogP contribution in [0.15, 0.2) is 46.1 Å². The van der Waals surface area contributed by atoms with Gasteiger partial charge >= 0.3 is 5.69 Å². The molecule has 2 rings (SSSR count). The largest absolute Gasteiger partial charge is 0.330 e. The number of anilines is 1. The summed E-state index contributed by atoms with van der Waals surface area (Å²) in [5.41, 5.74) is 1.19. The van der Waals surface area contributed by atoms with Gasteiger partial charge in [-0.2, -0.15) is 0 Å². The summed E-state index contributed by atoms with van der Waals surface area (Å²) in [7, 11) is 2.94. The van der Waals surface area contributed by atoms with E-state index in [1.807, 2.05) is 19.1 Å². The highest BCUT2D eigenvalue weighted by Crippen LogP contribution is 2.08. The fraction of sp³-hybridized carbons (Fsp3) is 0.188. The Bertz CT molecular complexity index is 842. The van der Waals surface area contributed by atoms with Crippen LogP contribution in [-0.2, 0) is 18.9 Å². The molecule has 0 saturated carbocycles. The summed E-state index contributed by atoms with van der Waals surface area (Å²) < 4.78 is 2.29. The lowest BCUT2D eigenvalue weighted by atomic mass is 10.2. The van der Waals surface area contributed by atoms with E-state index in [2.05, 4.69) is 5.32 Å². The molecule has 0 atom stereocenters. The molecule has 1 N–H and O–H groups in total. The second kappa shape index (κ2) is 6.26. The molecule has 0 aliphatic heterocycles. The van der Waals surface area contributed by atoms with Crippen molar-refractivity contribution in [1.82, 2.24) is 9.13 Å². The van der Waals surface area contributed by atoms with Gasteiger partial charge in [0.2, 0.25) is 5.91 Å². The van der Waals surface area contributed by atoms with Crippen molar-refractivity contribution in [3.63, 3.8) is 0 Å². The van der Waals surface area contributed by atoms with Crippen LogP contribution in [0.4, 0.5) is 5.69 Å². The van der Waals surface area contributed by atoms with Gasteiger partial charge in [0.25, 0.3) is 5.56 Å². The number of aryl methyl sites for hydroxylation is 2. The highest BCUT2D eigenvalue weighted by molar-refractivity contribution is 6.01. The summed E-state index contributed by atoms with van der Waals surface area (Å²) in [6.07, 6.45) is 4.06. The Balaban J connectivity index is 2.18. The van der Waals surface area contributed by atoms with Crippen molar-refractivity contribution in [2.75, 3.05) is 5.32 Å². The number of hydrogen-bond acceptors (Lipinski definition) is 3. The monoisotopic (exact) mass is 299 g/mol. The molecule has 6 nitrogen and oxygen atoms in total. The van der Waals surface area contributed by atoms with Crippen LogP contribution in [0.3, 0.4) is 0 Å². The third kappa shape index (κ3) is 3.41. The first-order valence-electron chi connectivity index (χ1n) is 6.71. The van der Waals surface area contributed by atoms with E-state index in [4.69, 9.17) is 0 Å². The number of amides is 1. The molecule has 1 amide bonds. The van der Waals surface area contributed by atoms with E-state index >= 15 is 0 Å². The van der Waals surface area contributed by atoms with Crippen molar-refractivity contribution in [2.45, 2.75) is 6.92 Å². The lowest BCUT2D eigenvalue weighted by Gasteiger charge is -2.04. The first kappa shape index (κ1) is 15.5. The summed E-state index contributed by atoms with van der Waals surface area (Å²) in [5, 5.41) is 2.70. The van der Waals surface area contributed by atoms with E-state index in [0.29, 0.717) is 5.69 Å². The SMILES string of the molecule is Cc1ccc(NC(=O)/C=C/c2cn(C)c(=O)n(C)c2=O)cc1. The number of nitrogens with one attached hydrogen (secondary N) is 1. The van der Waals surface area contributed by atoms with Crippen molar-refractivity contribution in [2.24, 2.45) is 14.1 Å². The molecule has 1 heterocycles. The maximum absolute atomic E-state index is 11.9. The fourth-order valence-corrected chi connectivity index (χ4v) is 1.94. The van der Waals surface area contributed by atoms with E-state index < -0.39 is 11.2 Å². The molecule has 0 fully saturated rings. The van der Waals surface area contributed by atoms with Crippen molar-refractivity contribution < 1.29 is 4.79 Å². The molecule has 2 aromatic rings. The normalized spacial score (nSPS) is 10.9. The maximum atomic E-state index is 11.9. The van der Waals surface area contributed by atoms with E-state index in [-0.39, 0.29) is 11.5 Å². The van der Waals surface area contributed by atoms with Gasteiger partial charge in [0.1, 0.15) is 0 Å². The summed E-state index contributed by atoms with van der Waals surface area (Å²) >= 11 is 0. The first-order chi connectivity index (χ1) is 10.4. The van der Waals surface area contributed by atoms with Crippen molar-refractivity contribution in [3.05, 3.63) is 68.5 Å². The van der Waals surface area contributed by atoms with Crippen LogP contribution in [0.2, 0.25) is 0 Å². The molecule has 114 valence electrons. The molecule has 0 aliphatic rings. The molecule has 0 radical (unpaired) electrons. The van der Waals surface area contributed by atoms with Crippen LogP contribution in [0, 0.1) is 6.92 Å². The number of carbonyl (C=O) groups is 1. The van der Waals surface area contributed by atoms with Gasteiger partial charge in [-0.3, -0.25) is 14.2 Å². The number of hydrogen-bond donors (Lipinski definition) is 1. The smallest absolute Gasteiger partial charge is 0.323 e. The van der Waals surface area contributed by atoms with Crippen LogP contribution in [0.5, 0.6) is 0 Å². The lowest BCUT2D eigenvalue weighted by molar-refractivity contribution is -0.111. The molecule has 0 aliphatic carbocycles. The quantitative estimate of drug-likeness (QED) is 0.861. The predicted molar refractivity (Wildman–Crippen MR) is 85.8 cm³/mol. The third-order valence-electron chi connectivity index (χ3n) is 3.21. The molecule has 1 aromatic heterocycles. The highest BCUT2D eigenvalue weighted by atomic mass is 16.2. The van der Waals surface area contributed by atoms with Gasteiger partial charge in [0.15, 0.2) is 0 Å². The standard InChI is InChI=1S/C16H17N3O3/c1-11-4-7-13(8-5-11)17-14(20)9-6-12-10-18(2)16(22)19(3)15(12)21/h4-10H,1-3H3,(H,17,20)/b9-6+. The van der Waals surface area contributed by atoms with Gasteiger partial charge < -0.3 is 9.88 Å². The van der Waals surface area contributed by atoms with Crippen LogP contribution in [0.1, 0.15) is 11.1 Å². The minimum absolute atomic E-state index is 0.267. The van der Waals surface area contributed by atoms with Crippen molar-refractivity contribution in [1.29, 1.82) is 0 Å². The Morgan fingerprint density at radius 2 is 1.77 bits per heavy atom. The maximum Gasteiger partial charge on any atom is 0.330 e. The van der Waals surface area contributed by atoms with Gasteiger partial charge in [-0.05, 0) is 25.1 Å². The van der Waals surface area contributed by atoms with Crippen LogP contribution >= 0.6 is 0 Å².